The molecule has 4 aromatic rings. The minimum absolute atomic E-state index is 0.293. The molecule has 0 N–H and O–H groups in total. The number of ether oxygens (including phenoxy) is 2. The summed E-state index contributed by atoms with van der Waals surface area (Å²) in [7, 11) is -0.597. The first-order chi connectivity index (χ1) is 15.5. The van der Waals surface area contributed by atoms with Crippen molar-refractivity contribution in [3.63, 3.8) is 0 Å². The van der Waals surface area contributed by atoms with Gasteiger partial charge in [-0.3, -0.25) is 0 Å². The van der Waals surface area contributed by atoms with Crippen LogP contribution in [0.2, 0.25) is 0 Å². The molecule has 2 heterocycles. The monoisotopic (exact) mass is 448 g/mol. The first kappa shape index (κ1) is 20.6. The molecule has 0 radical (unpaired) electrons. The number of nitrogens with zero attached hydrogens (tertiary/aromatic N) is 2. The first-order valence-electron chi connectivity index (χ1n) is 10.4. The largest absolute Gasteiger partial charge is 0.493 e. The third-order valence-electron chi connectivity index (χ3n) is 6.04. The summed E-state index contributed by atoms with van der Waals surface area (Å²) in [5.74, 6) is 1.17. The number of aromatic nitrogens is 1. The molecule has 0 aliphatic carbocycles. The smallest absolute Gasteiger partial charge is 0.244 e. The fraction of sp³-hybridized carbons (Fsp3) is 0.200. The highest BCUT2D eigenvalue weighted by Gasteiger charge is 2.38. The fourth-order valence-corrected chi connectivity index (χ4v) is 6.06. The lowest BCUT2D eigenvalue weighted by atomic mass is 10.0. The van der Waals surface area contributed by atoms with Gasteiger partial charge in [0.15, 0.2) is 11.5 Å². The molecule has 1 aliphatic heterocycles. The molecule has 0 saturated heterocycles. The molecule has 0 bridgehead atoms. The van der Waals surface area contributed by atoms with E-state index in [0.717, 1.165) is 22.0 Å². The van der Waals surface area contributed by atoms with E-state index in [1.165, 1.54) is 0 Å². The Morgan fingerprint density at radius 3 is 2.38 bits per heavy atom. The zero-order chi connectivity index (χ0) is 22.3. The van der Waals surface area contributed by atoms with E-state index < -0.39 is 16.1 Å². The summed E-state index contributed by atoms with van der Waals surface area (Å²) in [6.45, 7) is 0.967. The van der Waals surface area contributed by atoms with Crippen molar-refractivity contribution in [3.8, 4) is 11.5 Å². The van der Waals surface area contributed by atoms with Gasteiger partial charge in [-0.25, -0.2) is 8.42 Å². The average Bonchev–Trinajstić information content (AvgIpc) is 3.31. The number of hydrogen-bond donors (Lipinski definition) is 0. The third kappa shape index (κ3) is 3.34. The highest BCUT2D eigenvalue weighted by molar-refractivity contribution is 7.89. The summed E-state index contributed by atoms with van der Waals surface area (Å²) in [6.07, 6.45) is 1.99. The van der Waals surface area contributed by atoms with Crippen molar-refractivity contribution >= 4 is 20.8 Å². The molecule has 5 rings (SSSR count). The summed E-state index contributed by atoms with van der Waals surface area (Å²) >= 11 is 0. The number of hydrogen-bond acceptors (Lipinski definition) is 4. The van der Waals surface area contributed by atoms with Crippen molar-refractivity contribution in [2.75, 3.05) is 20.8 Å². The molecule has 1 aliphatic rings. The Bertz CT molecular complexity index is 1390. The Balaban J connectivity index is 1.64. The molecular weight excluding hydrogens is 424 g/mol. The first-order valence-corrected chi connectivity index (χ1v) is 11.8. The number of fused-ring (bicyclic) bond motifs is 2. The van der Waals surface area contributed by atoms with Crippen LogP contribution in [-0.2, 0) is 16.6 Å². The Kier molecular flexibility index (Phi) is 5.15. The van der Waals surface area contributed by atoms with Gasteiger partial charge in [0.25, 0.3) is 0 Å². The van der Waals surface area contributed by atoms with E-state index in [1.807, 2.05) is 66.9 Å². The van der Waals surface area contributed by atoms with Gasteiger partial charge in [-0.2, -0.15) is 4.31 Å². The van der Waals surface area contributed by atoms with Gasteiger partial charge in [0.05, 0.1) is 25.2 Å². The Morgan fingerprint density at radius 1 is 0.812 bits per heavy atom. The minimum atomic E-state index is -3.76. The number of sulfonamides is 1. The van der Waals surface area contributed by atoms with Gasteiger partial charge in [-0.15, -0.1) is 0 Å². The van der Waals surface area contributed by atoms with Gasteiger partial charge in [0.1, 0.15) is 0 Å². The highest BCUT2D eigenvalue weighted by Crippen LogP contribution is 2.40. The van der Waals surface area contributed by atoms with Crippen molar-refractivity contribution < 1.29 is 17.9 Å². The van der Waals surface area contributed by atoms with Crippen molar-refractivity contribution in [1.29, 1.82) is 0 Å². The van der Waals surface area contributed by atoms with Crippen LogP contribution in [0, 0.1) is 0 Å². The van der Waals surface area contributed by atoms with Crippen molar-refractivity contribution in [2.45, 2.75) is 17.5 Å². The molecule has 1 atom stereocenters. The lowest BCUT2D eigenvalue weighted by Gasteiger charge is -2.36. The normalized spacial score (nSPS) is 16.6. The molecule has 1 aromatic heterocycles. The lowest BCUT2D eigenvalue weighted by molar-refractivity contribution is 0.296. The summed E-state index contributed by atoms with van der Waals surface area (Å²) in [4.78, 5) is 0.293. The summed E-state index contributed by atoms with van der Waals surface area (Å²) in [6, 6.07) is 22.1. The Hall–Kier alpha value is -3.29. The van der Waals surface area contributed by atoms with E-state index in [0.29, 0.717) is 29.5 Å². The predicted octanol–water partition coefficient (Wildman–Crippen LogP) is 4.45. The van der Waals surface area contributed by atoms with Gasteiger partial charge in [0.2, 0.25) is 10.0 Å². The molecule has 6 nitrogen and oxygen atoms in total. The maximum absolute atomic E-state index is 13.9. The summed E-state index contributed by atoms with van der Waals surface area (Å²) < 4.78 is 42.3. The van der Waals surface area contributed by atoms with Crippen LogP contribution in [0.15, 0.2) is 83.9 Å². The van der Waals surface area contributed by atoms with Crippen LogP contribution in [-0.4, -0.2) is 38.1 Å². The van der Waals surface area contributed by atoms with Crippen molar-refractivity contribution in [3.05, 3.63) is 90.3 Å². The van der Waals surface area contributed by atoms with E-state index >= 15 is 0 Å². The number of benzene rings is 3. The van der Waals surface area contributed by atoms with Gasteiger partial charge >= 0.3 is 0 Å². The van der Waals surface area contributed by atoms with Crippen LogP contribution < -0.4 is 9.47 Å². The second kappa shape index (κ2) is 8.00. The standard InChI is InChI=1S/C25H24N2O4S/c1-30-23-12-10-20(17-24(23)31-2)25-22-8-5-13-26(22)14-15-27(25)32(28,29)21-11-9-18-6-3-4-7-19(18)16-21/h3-13,16-17,25H,14-15H2,1-2H3. The molecule has 7 heteroatoms. The second-order valence-corrected chi connectivity index (χ2v) is 9.66. The maximum atomic E-state index is 13.9. The molecule has 0 saturated carbocycles. The quantitative estimate of drug-likeness (QED) is 0.453. The van der Waals surface area contributed by atoms with Gasteiger partial charge in [-0.05, 0) is 52.7 Å². The maximum Gasteiger partial charge on any atom is 0.244 e. The molecule has 3 aromatic carbocycles. The predicted molar refractivity (Wildman–Crippen MR) is 124 cm³/mol. The van der Waals surface area contributed by atoms with Crippen LogP contribution in [0.4, 0.5) is 0 Å². The topological polar surface area (TPSA) is 60.8 Å². The van der Waals surface area contributed by atoms with E-state index in [-0.39, 0.29) is 0 Å². The van der Waals surface area contributed by atoms with Gasteiger partial charge in [-0.1, -0.05) is 36.4 Å². The SMILES string of the molecule is COc1ccc(C2c3cccn3CCN2S(=O)(=O)c2ccc3ccccc3c2)cc1OC. The zero-order valence-corrected chi connectivity index (χ0v) is 18.7. The summed E-state index contributed by atoms with van der Waals surface area (Å²) in [5.41, 5.74) is 1.75. The van der Waals surface area contributed by atoms with Crippen LogP contribution >= 0.6 is 0 Å². The Morgan fingerprint density at radius 2 is 1.59 bits per heavy atom. The van der Waals surface area contributed by atoms with E-state index in [2.05, 4.69) is 4.57 Å². The molecular formula is C25H24N2O4S. The van der Waals surface area contributed by atoms with Crippen LogP contribution in [0.5, 0.6) is 11.5 Å². The lowest BCUT2D eigenvalue weighted by Crippen LogP contribution is -2.42. The van der Waals surface area contributed by atoms with Crippen molar-refractivity contribution in [1.82, 2.24) is 8.87 Å². The number of rotatable bonds is 5. The Labute approximate surface area is 187 Å². The zero-order valence-electron chi connectivity index (χ0n) is 17.9. The third-order valence-corrected chi connectivity index (χ3v) is 7.91. The second-order valence-electron chi connectivity index (χ2n) is 7.77. The van der Waals surface area contributed by atoms with E-state index in [1.54, 1.807) is 30.7 Å². The highest BCUT2D eigenvalue weighted by atomic mass is 32.2. The molecule has 0 amide bonds. The van der Waals surface area contributed by atoms with Crippen molar-refractivity contribution in [2.24, 2.45) is 0 Å². The van der Waals surface area contributed by atoms with Crippen LogP contribution in [0.1, 0.15) is 17.3 Å². The van der Waals surface area contributed by atoms with Gasteiger partial charge < -0.3 is 14.0 Å². The molecule has 32 heavy (non-hydrogen) atoms. The number of methoxy groups -OCH3 is 2. The van der Waals surface area contributed by atoms with Crippen LogP contribution in [0.3, 0.4) is 0 Å². The molecule has 0 fully saturated rings. The molecule has 164 valence electrons. The van der Waals surface area contributed by atoms with Gasteiger partial charge in [0, 0.05) is 25.0 Å². The fourth-order valence-electron chi connectivity index (χ4n) is 4.44. The van der Waals surface area contributed by atoms with E-state index in [4.69, 9.17) is 9.47 Å². The molecule has 0 spiro atoms. The van der Waals surface area contributed by atoms with Crippen LogP contribution in [0.25, 0.3) is 10.8 Å². The molecule has 1 unspecified atom stereocenters. The van der Waals surface area contributed by atoms with E-state index in [9.17, 15) is 8.42 Å². The minimum Gasteiger partial charge on any atom is -0.493 e. The average molecular weight is 449 g/mol. The summed E-state index contributed by atoms with van der Waals surface area (Å²) in [5, 5.41) is 1.91.